The Morgan fingerprint density at radius 3 is 2.58 bits per heavy atom. The molecule has 0 aromatic heterocycles. The molecule has 136 valence electrons. The van der Waals surface area contributed by atoms with Crippen molar-refractivity contribution in [1.82, 2.24) is 10.2 Å². The van der Waals surface area contributed by atoms with Crippen molar-refractivity contribution in [1.29, 1.82) is 0 Å². The van der Waals surface area contributed by atoms with Crippen molar-refractivity contribution in [3.8, 4) is 5.75 Å². The summed E-state index contributed by atoms with van der Waals surface area (Å²) in [7, 11) is 3.67. The molecule has 1 unspecified atom stereocenters. The zero-order valence-electron chi connectivity index (χ0n) is 14.3. The van der Waals surface area contributed by atoms with Crippen LogP contribution in [0.5, 0.6) is 5.75 Å². The fourth-order valence-electron chi connectivity index (χ4n) is 2.53. The number of carbonyl (C=O) groups excluding carboxylic acids is 1. The molecule has 1 saturated heterocycles. The van der Waals surface area contributed by atoms with Crippen molar-refractivity contribution in [2.45, 2.75) is 6.23 Å². The van der Waals surface area contributed by atoms with E-state index in [2.05, 4.69) is 5.32 Å². The number of nitrogens with zero attached hydrogens (tertiary/aromatic N) is 1. The van der Waals surface area contributed by atoms with Crippen LogP contribution in [0.15, 0.2) is 59.9 Å². The molecule has 0 spiro atoms. The summed E-state index contributed by atoms with van der Waals surface area (Å²) >= 11 is 12.0. The van der Waals surface area contributed by atoms with Gasteiger partial charge in [-0.1, -0.05) is 53.5 Å². The zero-order chi connectivity index (χ0) is 18.7. The normalized spacial score (nSPS) is 18.2. The highest BCUT2D eigenvalue weighted by atomic mass is 35.5. The van der Waals surface area contributed by atoms with Gasteiger partial charge in [-0.15, -0.1) is 0 Å². The molecule has 0 aliphatic carbocycles. The topological polar surface area (TPSA) is 50.8 Å². The third kappa shape index (κ3) is 4.06. The van der Waals surface area contributed by atoms with E-state index in [4.69, 9.17) is 32.7 Å². The van der Waals surface area contributed by atoms with Crippen LogP contribution in [0.2, 0.25) is 10.0 Å². The molecule has 1 N–H and O–H groups in total. The Balaban J connectivity index is 1.81. The van der Waals surface area contributed by atoms with Crippen molar-refractivity contribution in [2.24, 2.45) is 0 Å². The Bertz CT molecular complexity index is 838. The molecule has 0 bridgehead atoms. The van der Waals surface area contributed by atoms with E-state index in [-0.39, 0.29) is 6.61 Å². The molecule has 1 fully saturated rings. The van der Waals surface area contributed by atoms with E-state index in [0.29, 0.717) is 27.2 Å². The van der Waals surface area contributed by atoms with E-state index >= 15 is 0 Å². The van der Waals surface area contributed by atoms with Crippen molar-refractivity contribution in [2.75, 3.05) is 20.7 Å². The van der Waals surface area contributed by atoms with Gasteiger partial charge in [0.2, 0.25) is 0 Å². The summed E-state index contributed by atoms with van der Waals surface area (Å²) in [5.74, 6) is 0.0651. The summed E-state index contributed by atoms with van der Waals surface area (Å²) in [6.45, 7) is 0.146. The minimum Gasteiger partial charge on any atom is -0.486 e. The molecule has 5 nitrogen and oxygen atoms in total. The van der Waals surface area contributed by atoms with Gasteiger partial charge in [-0.05, 0) is 18.2 Å². The SMILES string of the molecule is CN(C)/C(COc1ccc(Cl)cc1Cl)=C1\NC(c2ccccc2)OC1=O. The highest BCUT2D eigenvalue weighted by Gasteiger charge is 2.32. The van der Waals surface area contributed by atoms with Crippen LogP contribution in [-0.2, 0) is 9.53 Å². The summed E-state index contributed by atoms with van der Waals surface area (Å²) in [6, 6.07) is 14.5. The number of benzene rings is 2. The molecule has 2 aromatic rings. The summed E-state index contributed by atoms with van der Waals surface area (Å²) in [5.41, 5.74) is 1.89. The first-order chi connectivity index (χ1) is 12.5. The predicted molar refractivity (Wildman–Crippen MR) is 101 cm³/mol. The quantitative estimate of drug-likeness (QED) is 0.615. The van der Waals surface area contributed by atoms with Crippen molar-refractivity contribution in [3.05, 3.63) is 75.5 Å². The van der Waals surface area contributed by atoms with Gasteiger partial charge in [-0.25, -0.2) is 4.79 Å². The lowest BCUT2D eigenvalue weighted by atomic mass is 10.2. The Morgan fingerprint density at radius 2 is 1.92 bits per heavy atom. The van der Waals surface area contributed by atoms with Crippen LogP contribution in [0.25, 0.3) is 0 Å². The third-order valence-electron chi connectivity index (χ3n) is 3.89. The number of nitrogens with one attached hydrogen (secondary N) is 1. The predicted octanol–water partition coefficient (Wildman–Crippen LogP) is 3.99. The minimum absolute atomic E-state index is 0.146. The molecule has 0 saturated carbocycles. The number of ether oxygens (including phenoxy) is 2. The number of likely N-dealkylation sites (N-methyl/N-ethyl adjacent to an activating group) is 1. The maximum Gasteiger partial charge on any atom is 0.358 e. The largest absolute Gasteiger partial charge is 0.486 e. The van der Waals surface area contributed by atoms with Gasteiger partial charge in [0.25, 0.3) is 0 Å². The average molecular weight is 393 g/mol. The first-order valence-electron chi connectivity index (χ1n) is 7.96. The lowest BCUT2D eigenvalue weighted by molar-refractivity contribution is -0.139. The molecule has 7 heteroatoms. The van der Waals surface area contributed by atoms with Gasteiger partial charge in [-0.3, -0.25) is 0 Å². The Hall–Kier alpha value is -2.37. The van der Waals surface area contributed by atoms with E-state index < -0.39 is 12.2 Å². The number of halogens is 2. The standard InChI is InChI=1S/C19H18Cl2N2O3/c1-23(2)15(11-25-16-9-8-13(20)10-14(16)21)17-19(24)26-18(22-17)12-6-4-3-5-7-12/h3-10,18,22H,11H2,1-2H3/b17-15-. The second-order valence-corrected chi connectivity index (χ2v) is 6.76. The molecule has 1 atom stereocenters. The second kappa shape index (κ2) is 7.89. The minimum atomic E-state index is -0.521. The number of rotatable bonds is 5. The Kier molecular flexibility index (Phi) is 5.59. The molecular formula is C19H18Cl2N2O3. The smallest absolute Gasteiger partial charge is 0.358 e. The molecule has 3 rings (SSSR count). The van der Waals surface area contributed by atoms with Crippen molar-refractivity contribution >= 4 is 29.2 Å². The molecule has 1 aliphatic heterocycles. The summed E-state index contributed by atoms with van der Waals surface area (Å²) < 4.78 is 11.2. The van der Waals surface area contributed by atoms with Gasteiger partial charge >= 0.3 is 5.97 Å². The van der Waals surface area contributed by atoms with E-state index in [1.54, 1.807) is 23.1 Å². The van der Waals surface area contributed by atoms with Crippen LogP contribution in [0.1, 0.15) is 11.8 Å². The van der Waals surface area contributed by atoms with Crippen molar-refractivity contribution in [3.63, 3.8) is 0 Å². The first kappa shape index (κ1) is 18.4. The Labute approximate surface area is 162 Å². The van der Waals surface area contributed by atoms with E-state index in [9.17, 15) is 4.79 Å². The summed E-state index contributed by atoms with van der Waals surface area (Å²) in [5, 5.41) is 4.07. The van der Waals surface area contributed by atoms with Crippen LogP contribution in [0, 0.1) is 0 Å². The van der Waals surface area contributed by atoms with Crippen LogP contribution < -0.4 is 10.1 Å². The van der Waals surface area contributed by atoms with E-state index in [1.807, 2.05) is 44.4 Å². The molecular weight excluding hydrogens is 375 g/mol. The highest BCUT2D eigenvalue weighted by Crippen LogP contribution is 2.29. The highest BCUT2D eigenvalue weighted by molar-refractivity contribution is 6.35. The number of hydrogen-bond donors (Lipinski definition) is 1. The third-order valence-corrected chi connectivity index (χ3v) is 4.42. The monoisotopic (exact) mass is 392 g/mol. The molecule has 0 amide bonds. The van der Waals surface area contributed by atoms with E-state index in [1.165, 1.54) is 0 Å². The number of hydrogen-bond acceptors (Lipinski definition) is 5. The van der Waals surface area contributed by atoms with Gasteiger partial charge in [0.1, 0.15) is 18.1 Å². The van der Waals surface area contributed by atoms with Gasteiger partial charge in [0.15, 0.2) is 6.23 Å². The zero-order valence-corrected chi connectivity index (χ0v) is 15.8. The lowest BCUT2D eigenvalue weighted by Crippen LogP contribution is -2.25. The maximum absolute atomic E-state index is 12.4. The first-order valence-corrected chi connectivity index (χ1v) is 8.72. The lowest BCUT2D eigenvalue weighted by Gasteiger charge is -2.20. The molecule has 26 heavy (non-hydrogen) atoms. The van der Waals surface area contributed by atoms with Crippen LogP contribution in [-0.4, -0.2) is 31.6 Å². The van der Waals surface area contributed by atoms with Crippen molar-refractivity contribution < 1.29 is 14.3 Å². The molecule has 0 radical (unpaired) electrons. The molecule has 1 heterocycles. The molecule has 2 aromatic carbocycles. The second-order valence-electron chi connectivity index (χ2n) is 5.92. The maximum atomic E-state index is 12.4. The van der Waals surface area contributed by atoms with Gasteiger partial charge in [-0.2, -0.15) is 0 Å². The summed E-state index contributed by atoms with van der Waals surface area (Å²) in [4.78, 5) is 14.2. The van der Waals surface area contributed by atoms with Crippen LogP contribution in [0.3, 0.4) is 0 Å². The van der Waals surface area contributed by atoms with Crippen LogP contribution in [0.4, 0.5) is 0 Å². The fourth-order valence-corrected chi connectivity index (χ4v) is 2.99. The van der Waals surface area contributed by atoms with Crippen LogP contribution >= 0.6 is 23.2 Å². The number of esters is 1. The summed E-state index contributed by atoms with van der Waals surface area (Å²) in [6.07, 6.45) is -0.521. The van der Waals surface area contributed by atoms with Gasteiger partial charge in [0, 0.05) is 24.7 Å². The van der Waals surface area contributed by atoms with Gasteiger partial charge < -0.3 is 19.7 Å². The van der Waals surface area contributed by atoms with Gasteiger partial charge in [0.05, 0.1) is 10.7 Å². The fraction of sp³-hybridized carbons (Fsp3) is 0.211. The average Bonchev–Trinajstić information content (AvgIpc) is 2.99. The Morgan fingerprint density at radius 1 is 1.19 bits per heavy atom. The van der Waals surface area contributed by atoms with E-state index in [0.717, 1.165) is 5.56 Å². The number of cyclic esters (lactones) is 1. The number of carbonyl (C=O) groups is 1. The molecule has 1 aliphatic rings.